The maximum atomic E-state index is 5.53. The van der Waals surface area contributed by atoms with Crippen LogP contribution in [0.15, 0.2) is 12.1 Å². The highest BCUT2D eigenvalue weighted by Crippen LogP contribution is 2.38. The first-order valence-corrected chi connectivity index (χ1v) is 7.86. The maximum absolute atomic E-state index is 5.53. The number of hydrogen-bond donors (Lipinski definition) is 1. The fourth-order valence-corrected chi connectivity index (χ4v) is 3.43. The van der Waals surface area contributed by atoms with E-state index in [1.807, 2.05) is 0 Å². The molecule has 1 saturated heterocycles. The van der Waals surface area contributed by atoms with Crippen LogP contribution < -0.4 is 14.8 Å². The number of nitrogens with zero attached hydrogens (tertiary/aromatic N) is 1. The highest BCUT2D eigenvalue weighted by Gasteiger charge is 2.25. The van der Waals surface area contributed by atoms with Crippen molar-refractivity contribution in [2.45, 2.75) is 18.9 Å². The number of morpholine rings is 1. The minimum atomic E-state index is 0. The second-order valence-electron chi connectivity index (χ2n) is 5.90. The molecule has 1 unspecified atom stereocenters. The summed E-state index contributed by atoms with van der Waals surface area (Å²) in [6.07, 6.45) is 2.20. The van der Waals surface area contributed by atoms with Gasteiger partial charge in [-0.05, 0) is 42.6 Å². The van der Waals surface area contributed by atoms with Gasteiger partial charge in [0.15, 0.2) is 11.5 Å². The second kappa shape index (κ2) is 8.40. The Bertz CT molecular complexity index is 524. The lowest BCUT2D eigenvalue weighted by Crippen LogP contribution is -2.39. The SMILES string of the molecule is Cl.Cl.c1c2c(cc3c1OCO3)C(CCN1CCOCC1)NCC2. The van der Waals surface area contributed by atoms with Gasteiger partial charge < -0.3 is 19.5 Å². The van der Waals surface area contributed by atoms with Crippen molar-refractivity contribution in [3.05, 3.63) is 23.3 Å². The van der Waals surface area contributed by atoms with E-state index in [4.69, 9.17) is 14.2 Å². The highest BCUT2D eigenvalue weighted by atomic mass is 35.5. The molecule has 7 heteroatoms. The van der Waals surface area contributed by atoms with Gasteiger partial charge in [0.1, 0.15) is 0 Å². The Kier molecular flexibility index (Phi) is 6.80. The molecular formula is C16H24Cl2N2O3. The molecule has 23 heavy (non-hydrogen) atoms. The van der Waals surface area contributed by atoms with E-state index < -0.39 is 0 Å². The first kappa shape index (κ1) is 18.6. The molecule has 0 amide bonds. The molecule has 1 N–H and O–H groups in total. The predicted octanol–water partition coefficient (Wildman–Crippen LogP) is 2.17. The van der Waals surface area contributed by atoms with Gasteiger partial charge in [-0.15, -0.1) is 24.8 Å². The van der Waals surface area contributed by atoms with Crippen LogP contribution in [0.5, 0.6) is 11.5 Å². The van der Waals surface area contributed by atoms with Crippen LogP contribution in [0.4, 0.5) is 0 Å². The van der Waals surface area contributed by atoms with Gasteiger partial charge in [-0.3, -0.25) is 4.90 Å². The monoisotopic (exact) mass is 362 g/mol. The number of ether oxygens (including phenoxy) is 3. The van der Waals surface area contributed by atoms with Crippen molar-refractivity contribution >= 4 is 24.8 Å². The minimum Gasteiger partial charge on any atom is -0.454 e. The van der Waals surface area contributed by atoms with Crippen LogP contribution in [0.25, 0.3) is 0 Å². The first-order chi connectivity index (χ1) is 10.4. The van der Waals surface area contributed by atoms with E-state index >= 15 is 0 Å². The molecule has 1 fully saturated rings. The van der Waals surface area contributed by atoms with E-state index in [0.29, 0.717) is 12.8 Å². The molecule has 0 spiro atoms. The van der Waals surface area contributed by atoms with Gasteiger partial charge in [0.2, 0.25) is 6.79 Å². The number of nitrogens with one attached hydrogen (secondary N) is 1. The Morgan fingerprint density at radius 1 is 1.09 bits per heavy atom. The zero-order valence-electron chi connectivity index (χ0n) is 13.1. The summed E-state index contributed by atoms with van der Waals surface area (Å²) in [5, 5.41) is 3.65. The highest BCUT2D eigenvalue weighted by molar-refractivity contribution is 5.85. The molecule has 5 nitrogen and oxygen atoms in total. The van der Waals surface area contributed by atoms with Gasteiger partial charge in [-0.2, -0.15) is 0 Å². The average Bonchev–Trinajstić information content (AvgIpc) is 2.99. The molecule has 3 aliphatic rings. The number of hydrogen-bond acceptors (Lipinski definition) is 5. The average molecular weight is 363 g/mol. The summed E-state index contributed by atoms with van der Waals surface area (Å²) in [6.45, 7) is 6.36. The predicted molar refractivity (Wildman–Crippen MR) is 93.4 cm³/mol. The molecule has 4 rings (SSSR count). The summed E-state index contributed by atoms with van der Waals surface area (Å²) in [5.41, 5.74) is 2.80. The molecule has 1 aromatic rings. The molecule has 0 aromatic heterocycles. The van der Waals surface area contributed by atoms with Crippen LogP contribution in [0, 0.1) is 0 Å². The summed E-state index contributed by atoms with van der Waals surface area (Å²) in [5.74, 6) is 1.80. The van der Waals surface area contributed by atoms with Crippen molar-refractivity contribution in [1.82, 2.24) is 10.2 Å². The lowest BCUT2D eigenvalue weighted by Gasteiger charge is -2.31. The van der Waals surface area contributed by atoms with Crippen molar-refractivity contribution in [3.8, 4) is 11.5 Å². The largest absolute Gasteiger partial charge is 0.454 e. The quantitative estimate of drug-likeness (QED) is 0.892. The molecule has 0 aliphatic carbocycles. The zero-order valence-corrected chi connectivity index (χ0v) is 14.7. The van der Waals surface area contributed by atoms with Crippen LogP contribution in [-0.2, 0) is 11.2 Å². The molecule has 1 atom stereocenters. The Morgan fingerprint density at radius 2 is 1.83 bits per heavy atom. The van der Waals surface area contributed by atoms with Crippen LogP contribution in [-0.4, -0.2) is 51.1 Å². The molecule has 0 saturated carbocycles. The lowest BCUT2D eigenvalue weighted by molar-refractivity contribution is 0.0360. The molecule has 3 heterocycles. The summed E-state index contributed by atoms with van der Waals surface area (Å²) >= 11 is 0. The third-order valence-electron chi connectivity index (χ3n) is 4.63. The maximum Gasteiger partial charge on any atom is 0.231 e. The van der Waals surface area contributed by atoms with E-state index in [0.717, 1.165) is 63.7 Å². The van der Waals surface area contributed by atoms with E-state index in [1.54, 1.807) is 0 Å². The fraction of sp³-hybridized carbons (Fsp3) is 0.625. The van der Waals surface area contributed by atoms with E-state index in [1.165, 1.54) is 11.1 Å². The topological polar surface area (TPSA) is 43.0 Å². The van der Waals surface area contributed by atoms with Gasteiger partial charge in [0.05, 0.1) is 13.2 Å². The summed E-state index contributed by atoms with van der Waals surface area (Å²) in [7, 11) is 0. The van der Waals surface area contributed by atoms with E-state index in [9.17, 15) is 0 Å². The molecular weight excluding hydrogens is 339 g/mol. The number of halogens is 2. The standard InChI is InChI=1S/C16H22N2O3.2ClH/c1-3-17-14(2-4-18-5-7-19-8-6-18)13-10-16-15(9-12(1)13)20-11-21-16;;/h9-10,14,17H,1-8,11H2;2*1H. The molecule has 0 bridgehead atoms. The van der Waals surface area contributed by atoms with Crippen LogP contribution >= 0.6 is 24.8 Å². The number of rotatable bonds is 3. The molecule has 3 aliphatic heterocycles. The van der Waals surface area contributed by atoms with Gasteiger partial charge in [0, 0.05) is 25.7 Å². The van der Waals surface area contributed by atoms with Crippen molar-refractivity contribution < 1.29 is 14.2 Å². The summed E-state index contributed by atoms with van der Waals surface area (Å²) in [6, 6.07) is 4.76. The molecule has 130 valence electrons. The summed E-state index contributed by atoms with van der Waals surface area (Å²) in [4.78, 5) is 2.49. The van der Waals surface area contributed by atoms with Crippen LogP contribution in [0.3, 0.4) is 0 Å². The fourth-order valence-electron chi connectivity index (χ4n) is 3.43. The minimum absolute atomic E-state index is 0. The van der Waals surface area contributed by atoms with Crippen LogP contribution in [0.2, 0.25) is 0 Å². The summed E-state index contributed by atoms with van der Waals surface area (Å²) < 4.78 is 16.4. The smallest absolute Gasteiger partial charge is 0.231 e. The number of benzene rings is 1. The van der Waals surface area contributed by atoms with Gasteiger partial charge in [-0.1, -0.05) is 0 Å². The Balaban J connectivity index is 0.000000960. The van der Waals surface area contributed by atoms with Crippen molar-refractivity contribution in [1.29, 1.82) is 0 Å². The first-order valence-electron chi connectivity index (χ1n) is 7.86. The number of fused-ring (bicyclic) bond motifs is 2. The Morgan fingerprint density at radius 3 is 2.61 bits per heavy atom. The van der Waals surface area contributed by atoms with Crippen LogP contribution in [0.1, 0.15) is 23.6 Å². The van der Waals surface area contributed by atoms with Gasteiger partial charge >= 0.3 is 0 Å². The molecule has 1 aromatic carbocycles. The second-order valence-corrected chi connectivity index (χ2v) is 5.90. The Labute approximate surface area is 149 Å². The van der Waals surface area contributed by atoms with Gasteiger partial charge in [0.25, 0.3) is 0 Å². The zero-order chi connectivity index (χ0) is 14.1. The third-order valence-corrected chi connectivity index (χ3v) is 4.63. The Hall–Kier alpha value is -0.720. The lowest BCUT2D eigenvalue weighted by atomic mass is 9.91. The van der Waals surface area contributed by atoms with Crippen molar-refractivity contribution in [3.63, 3.8) is 0 Å². The van der Waals surface area contributed by atoms with Crippen molar-refractivity contribution in [2.24, 2.45) is 0 Å². The van der Waals surface area contributed by atoms with E-state index in [-0.39, 0.29) is 24.8 Å². The normalized spacial score (nSPS) is 22.7. The van der Waals surface area contributed by atoms with E-state index in [2.05, 4.69) is 22.3 Å². The third kappa shape index (κ3) is 4.03. The van der Waals surface area contributed by atoms with Gasteiger partial charge in [-0.25, -0.2) is 0 Å². The van der Waals surface area contributed by atoms with Crippen molar-refractivity contribution in [2.75, 3.05) is 46.2 Å². The molecule has 0 radical (unpaired) electrons.